The average Bonchev–Trinajstić information content (AvgIpc) is 3.18. The van der Waals surface area contributed by atoms with Gasteiger partial charge in [-0.3, -0.25) is 0 Å². The second-order valence-corrected chi connectivity index (χ2v) is 5.67. The molecule has 2 fully saturated rings. The molecular weight excluding hydrogens is 254 g/mol. The molecule has 1 aromatic rings. The standard InChI is InChI=1S/C14H23N5O/c1-9-12(16-7-6-11-3-2-8-20-11)17-14(10-4-5-10)18-13(9)19-15/h10-11H,2-8,15H2,1H3,(H2,16,17,18,19). The van der Waals surface area contributed by atoms with Crippen LogP contribution in [0.2, 0.25) is 0 Å². The van der Waals surface area contributed by atoms with Crippen LogP contribution in [0.25, 0.3) is 0 Å². The first-order chi connectivity index (χ1) is 9.78. The van der Waals surface area contributed by atoms with Crippen molar-refractivity contribution >= 4 is 11.6 Å². The number of ether oxygens (including phenoxy) is 1. The highest BCUT2D eigenvalue weighted by Crippen LogP contribution is 2.39. The van der Waals surface area contributed by atoms with E-state index in [9.17, 15) is 0 Å². The van der Waals surface area contributed by atoms with Crippen LogP contribution in [0.15, 0.2) is 0 Å². The Morgan fingerprint density at radius 1 is 1.25 bits per heavy atom. The third-order valence-corrected chi connectivity index (χ3v) is 4.03. The molecule has 2 heterocycles. The summed E-state index contributed by atoms with van der Waals surface area (Å²) in [6, 6.07) is 0. The molecule has 0 amide bonds. The number of aromatic nitrogens is 2. The Morgan fingerprint density at radius 2 is 2.05 bits per heavy atom. The third kappa shape index (κ3) is 3.02. The molecule has 6 nitrogen and oxygen atoms in total. The van der Waals surface area contributed by atoms with Gasteiger partial charge in [0, 0.05) is 24.6 Å². The lowest BCUT2D eigenvalue weighted by Crippen LogP contribution is -2.17. The predicted molar refractivity (Wildman–Crippen MR) is 78.6 cm³/mol. The molecule has 1 atom stereocenters. The summed E-state index contributed by atoms with van der Waals surface area (Å²) in [6.07, 6.45) is 6.15. The van der Waals surface area contributed by atoms with Gasteiger partial charge in [0.1, 0.15) is 17.5 Å². The summed E-state index contributed by atoms with van der Waals surface area (Å²) in [7, 11) is 0. The maximum absolute atomic E-state index is 5.63. The van der Waals surface area contributed by atoms with Crippen LogP contribution in [0.3, 0.4) is 0 Å². The van der Waals surface area contributed by atoms with Crippen molar-refractivity contribution in [3.8, 4) is 0 Å². The zero-order valence-electron chi connectivity index (χ0n) is 12.0. The molecule has 0 radical (unpaired) electrons. The molecule has 0 bridgehead atoms. The fraction of sp³-hybridized carbons (Fsp3) is 0.714. The number of nitrogen functional groups attached to an aromatic ring is 1. The van der Waals surface area contributed by atoms with E-state index in [2.05, 4.69) is 20.7 Å². The van der Waals surface area contributed by atoms with Gasteiger partial charge in [0.15, 0.2) is 0 Å². The summed E-state index contributed by atoms with van der Waals surface area (Å²) >= 11 is 0. The van der Waals surface area contributed by atoms with Crippen molar-refractivity contribution in [2.24, 2.45) is 5.84 Å². The number of rotatable bonds is 6. The van der Waals surface area contributed by atoms with Crippen LogP contribution in [0.4, 0.5) is 11.6 Å². The Hall–Kier alpha value is -1.40. The Labute approximate surface area is 119 Å². The van der Waals surface area contributed by atoms with Gasteiger partial charge in [-0.1, -0.05) is 0 Å². The van der Waals surface area contributed by atoms with Gasteiger partial charge < -0.3 is 15.5 Å². The van der Waals surface area contributed by atoms with E-state index in [1.54, 1.807) is 0 Å². The monoisotopic (exact) mass is 277 g/mol. The fourth-order valence-corrected chi connectivity index (χ4v) is 2.59. The number of nitrogens with zero attached hydrogens (tertiary/aromatic N) is 2. The molecule has 1 saturated carbocycles. The van der Waals surface area contributed by atoms with Gasteiger partial charge in [-0.25, -0.2) is 15.8 Å². The molecule has 2 aliphatic rings. The molecule has 0 spiro atoms. The van der Waals surface area contributed by atoms with E-state index in [0.29, 0.717) is 12.0 Å². The minimum absolute atomic E-state index is 0.402. The molecular formula is C14H23N5O. The first-order valence-corrected chi connectivity index (χ1v) is 7.48. The van der Waals surface area contributed by atoms with Gasteiger partial charge in [-0.15, -0.1) is 0 Å². The van der Waals surface area contributed by atoms with E-state index in [-0.39, 0.29) is 0 Å². The number of hydrazine groups is 1. The summed E-state index contributed by atoms with van der Waals surface area (Å²) in [5, 5.41) is 3.41. The summed E-state index contributed by atoms with van der Waals surface area (Å²) in [6.45, 7) is 3.77. The minimum Gasteiger partial charge on any atom is -0.378 e. The fourth-order valence-electron chi connectivity index (χ4n) is 2.59. The Kier molecular flexibility index (Phi) is 4.03. The highest BCUT2D eigenvalue weighted by molar-refractivity contribution is 5.57. The van der Waals surface area contributed by atoms with Crippen LogP contribution in [-0.2, 0) is 4.74 Å². The van der Waals surface area contributed by atoms with Crippen molar-refractivity contribution in [1.82, 2.24) is 9.97 Å². The van der Waals surface area contributed by atoms with Crippen LogP contribution in [-0.4, -0.2) is 29.2 Å². The van der Waals surface area contributed by atoms with Crippen LogP contribution in [0.1, 0.15) is 49.4 Å². The van der Waals surface area contributed by atoms with Crippen molar-refractivity contribution < 1.29 is 4.74 Å². The molecule has 20 heavy (non-hydrogen) atoms. The Balaban J connectivity index is 1.65. The molecule has 110 valence electrons. The van der Waals surface area contributed by atoms with Crippen molar-refractivity contribution in [3.05, 3.63) is 11.4 Å². The average molecular weight is 277 g/mol. The van der Waals surface area contributed by atoms with E-state index >= 15 is 0 Å². The molecule has 1 aliphatic carbocycles. The van der Waals surface area contributed by atoms with Gasteiger partial charge >= 0.3 is 0 Å². The molecule has 6 heteroatoms. The van der Waals surface area contributed by atoms with Crippen LogP contribution in [0.5, 0.6) is 0 Å². The van der Waals surface area contributed by atoms with E-state index in [1.807, 2.05) is 6.92 Å². The number of nitrogens with two attached hydrogens (primary N) is 1. The molecule has 0 aromatic carbocycles. The highest BCUT2D eigenvalue weighted by Gasteiger charge is 2.28. The molecule has 3 rings (SSSR count). The molecule has 1 unspecified atom stereocenters. The molecule has 1 saturated heterocycles. The quantitative estimate of drug-likeness (QED) is 0.544. The maximum Gasteiger partial charge on any atom is 0.148 e. The lowest BCUT2D eigenvalue weighted by Gasteiger charge is -2.15. The molecule has 4 N–H and O–H groups in total. The topological polar surface area (TPSA) is 85.1 Å². The Bertz CT molecular complexity index is 469. The largest absolute Gasteiger partial charge is 0.378 e. The van der Waals surface area contributed by atoms with Gasteiger partial charge in [-0.2, -0.15) is 0 Å². The predicted octanol–water partition coefficient (Wildman–Crippen LogP) is 1.93. The van der Waals surface area contributed by atoms with Crippen molar-refractivity contribution in [3.63, 3.8) is 0 Å². The van der Waals surface area contributed by atoms with E-state index < -0.39 is 0 Å². The zero-order chi connectivity index (χ0) is 13.9. The summed E-state index contributed by atoms with van der Waals surface area (Å²) in [4.78, 5) is 9.14. The molecule has 1 aromatic heterocycles. The highest BCUT2D eigenvalue weighted by atomic mass is 16.5. The second-order valence-electron chi connectivity index (χ2n) is 5.67. The van der Waals surface area contributed by atoms with Gasteiger partial charge in [0.05, 0.1) is 6.10 Å². The summed E-state index contributed by atoms with van der Waals surface area (Å²) in [5.74, 6) is 8.59. The van der Waals surface area contributed by atoms with Gasteiger partial charge in [-0.05, 0) is 39.0 Å². The van der Waals surface area contributed by atoms with Crippen LogP contribution in [0, 0.1) is 6.92 Å². The summed E-state index contributed by atoms with van der Waals surface area (Å²) < 4.78 is 5.63. The van der Waals surface area contributed by atoms with Crippen molar-refractivity contribution in [2.45, 2.75) is 51.0 Å². The van der Waals surface area contributed by atoms with E-state index in [1.165, 1.54) is 25.7 Å². The normalized spacial score (nSPS) is 22.0. The van der Waals surface area contributed by atoms with Crippen molar-refractivity contribution in [1.29, 1.82) is 0 Å². The lowest BCUT2D eigenvalue weighted by atomic mass is 10.2. The second kappa shape index (κ2) is 5.93. The third-order valence-electron chi connectivity index (χ3n) is 4.03. The van der Waals surface area contributed by atoms with E-state index in [0.717, 1.165) is 42.6 Å². The first-order valence-electron chi connectivity index (χ1n) is 7.48. The lowest BCUT2D eigenvalue weighted by molar-refractivity contribution is 0.107. The minimum atomic E-state index is 0.402. The van der Waals surface area contributed by atoms with Gasteiger partial charge in [0.25, 0.3) is 0 Å². The van der Waals surface area contributed by atoms with Crippen molar-refractivity contribution in [2.75, 3.05) is 23.9 Å². The van der Waals surface area contributed by atoms with Gasteiger partial charge in [0.2, 0.25) is 0 Å². The Morgan fingerprint density at radius 3 is 2.70 bits per heavy atom. The molecule has 1 aliphatic heterocycles. The summed E-state index contributed by atoms with van der Waals surface area (Å²) in [5.41, 5.74) is 3.65. The number of hydrogen-bond donors (Lipinski definition) is 3. The smallest absolute Gasteiger partial charge is 0.148 e. The zero-order valence-corrected chi connectivity index (χ0v) is 12.0. The number of hydrogen-bond acceptors (Lipinski definition) is 6. The first kappa shape index (κ1) is 13.6. The van der Waals surface area contributed by atoms with Crippen LogP contribution >= 0.6 is 0 Å². The van der Waals surface area contributed by atoms with Crippen LogP contribution < -0.4 is 16.6 Å². The number of nitrogens with one attached hydrogen (secondary N) is 2. The van der Waals surface area contributed by atoms with E-state index in [4.69, 9.17) is 10.6 Å². The maximum atomic E-state index is 5.63. The number of anilines is 2. The SMILES string of the molecule is Cc1c(NN)nc(C2CC2)nc1NCCC1CCCO1.